The molecule has 0 spiro atoms. The van der Waals surface area contributed by atoms with Crippen molar-refractivity contribution in [1.29, 1.82) is 0 Å². The molecular weight excluding hydrogens is 565 g/mol. The standard InChI is InChI=1S/C9H7I3N2O3/c1-2(15)14-8-5(11)3(9(16)17)4(10)7(13)6(8)12/h13H2,1H3,(H,14,15)(H,16,17)/p-1. The van der Waals surface area contributed by atoms with Crippen LogP contribution in [0.2, 0.25) is 0 Å². The quantitative estimate of drug-likeness (QED) is 0.415. The Morgan fingerprint density at radius 1 is 1.18 bits per heavy atom. The van der Waals surface area contributed by atoms with Crippen LogP contribution in [-0.2, 0) is 4.79 Å². The minimum absolute atomic E-state index is 0.00728. The van der Waals surface area contributed by atoms with Crippen LogP contribution in [0.25, 0.3) is 0 Å². The maximum Gasteiger partial charge on any atom is 0.221 e. The molecule has 1 rings (SSSR count). The van der Waals surface area contributed by atoms with E-state index in [1.54, 1.807) is 0 Å². The number of benzene rings is 1. The highest BCUT2D eigenvalue weighted by molar-refractivity contribution is 14.1. The Hall–Kier alpha value is 0.150. The minimum atomic E-state index is -1.31. The Labute approximate surface area is 138 Å². The van der Waals surface area contributed by atoms with E-state index < -0.39 is 5.97 Å². The van der Waals surface area contributed by atoms with Crippen molar-refractivity contribution in [2.75, 3.05) is 11.1 Å². The van der Waals surface area contributed by atoms with Gasteiger partial charge in [0, 0.05) is 19.6 Å². The molecule has 1 amide bonds. The van der Waals surface area contributed by atoms with Crippen molar-refractivity contribution in [1.82, 2.24) is 0 Å². The lowest BCUT2D eigenvalue weighted by Gasteiger charge is -2.17. The molecular formula is C9H6I3N2O3-. The summed E-state index contributed by atoms with van der Waals surface area (Å²) >= 11 is 5.68. The van der Waals surface area contributed by atoms with E-state index in [-0.39, 0.29) is 11.5 Å². The van der Waals surface area contributed by atoms with Crippen LogP contribution >= 0.6 is 67.8 Å². The van der Waals surface area contributed by atoms with Crippen LogP contribution in [0.3, 0.4) is 0 Å². The van der Waals surface area contributed by atoms with Gasteiger partial charge in [-0.3, -0.25) is 4.79 Å². The van der Waals surface area contributed by atoms with Crippen LogP contribution in [0, 0.1) is 10.7 Å². The third-order valence-corrected chi connectivity index (χ3v) is 5.18. The van der Waals surface area contributed by atoms with Crippen LogP contribution < -0.4 is 16.2 Å². The summed E-state index contributed by atoms with van der Waals surface area (Å²) in [7, 11) is 0. The molecule has 1 aromatic carbocycles. The number of hydrogen-bond donors (Lipinski definition) is 2. The highest BCUT2D eigenvalue weighted by Crippen LogP contribution is 2.36. The Morgan fingerprint density at radius 2 is 1.71 bits per heavy atom. The number of rotatable bonds is 2. The zero-order valence-corrected chi connectivity index (χ0v) is 14.9. The predicted octanol–water partition coefficient (Wildman–Crippen LogP) is 1.40. The van der Waals surface area contributed by atoms with E-state index >= 15 is 0 Å². The van der Waals surface area contributed by atoms with Gasteiger partial charge in [-0.1, -0.05) is 0 Å². The van der Waals surface area contributed by atoms with Gasteiger partial charge in [0.1, 0.15) is 0 Å². The molecule has 1 aromatic rings. The molecule has 0 unspecified atom stereocenters. The molecule has 8 heteroatoms. The molecule has 0 aliphatic rings. The zero-order valence-electron chi connectivity index (χ0n) is 8.44. The summed E-state index contributed by atoms with van der Waals surface area (Å²) in [5, 5.41) is 13.6. The van der Waals surface area contributed by atoms with Crippen molar-refractivity contribution in [2.45, 2.75) is 6.92 Å². The van der Waals surface area contributed by atoms with Crippen LogP contribution in [0.15, 0.2) is 0 Å². The number of carbonyl (C=O) groups is 2. The molecule has 0 atom stereocenters. The summed E-state index contributed by atoms with van der Waals surface area (Å²) in [6.07, 6.45) is 0. The highest BCUT2D eigenvalue weighted by atomic mass is 127. The van der Waals surface area contributed by atoms with Crippen molar-refractivity contribution in [3.05, 3.63) is 16.3 Å². The Morgan fingerprint density at radius 3 is 2.12 bits per heavy atom. The molecule has 0 aromatic heterocycles. The first-order chi connectivity index (χ1) is 7.77. The summed E-state index contributed by atoms with van der Waals surface area (Å²) in [4.78, 5) is 22.1. The van der Waals surface area contributed by atoms with Gasteiger partial charge < -0.3 is 21.0 Å². The van der Waals surface area contributed by atoms with Crippen molar-refractivity contribution < 1.29 is 14.7 Å². The van der Waals surface area contributed by atoms with Gasteiger partial charge in [-0.25, -0.2) is 0 Å². The first-order valence-corrected chi connectivity index (χ1v) is 7.45. The molecule has 92 valence electrons. The number of hydrogen-bond acceptors (Lipinski definition) is 4. The molecule has 5 nitrogen and oxygen atoms in total. The van der Waals surface area contributed by atoms with Crippen molar-refractivity contribution >= 4 is 91.0 Å². The van der Waals surface area contributed by atoms with E-state index in [0.717, 1.165) is 0 Å². The maximum atomic E-state index is 11.1. The minimum Gasteiger partial charge on any atom is -0.545 e. The predicted molar refractivity (Wildman–Crippen MR) is 87.6 cm³/mol. The van der Waals surface area contributed by atoms with Gasteiger partial charge in [0.2, 0.25) is 5.91 Å². The second-order valence-corrected chi connectivity index (χ2v) is 6.31. The third-order valence-electron chi connectivity index (χ3n) is 1.86. The Kier molecular flexibility index (Phi) is 5.24. The number of anilines is 2. The molecule has 17 heavy (non-hydrogen) atoms. The van der Waals surface area contributed by atoms with Crippen LogP contribution in [-0.4, -0.2) is 11.9 Å². The van der Waals surface area contributed by atoms with E-state index in [1.807, 2.05) is 67.8 Å². The fourth-order valence-corrected chi connectivity index (χ4v) is 5.02. The van der Waals surface area contributed by atoms with Gasteiger partial charge in [-0.05, 0) is 67.8 Å². The SMILES string of the molecule is CC(=O)Nc1c(I)c(N)c(I)c(C(=O)[O-])c1I. The molecule has 0 aliphatic carbocycles. The molecule has 3 N–H and O–H groups in total. The average molecular weight is 571 g/mol. The van der Waals surface area contributed by atoms with Crippen LogP contribution in [0.1, 0.15) is 17.3 Å². The van der Waals surface area contributed by atoms with E-state index in [1.165, 1.54) is 6.92 Å². The number of halogens is 3. The van der Waals surface area contributed by atoms with Gasteiger partial charge >= 0.3 is 0 Å². The Balaban J connectivity index is 3.61. The number of amides is 1. The van der Waals surface area contributed by atoms with E-state index in [2.05, 4.69) is 5.32 Å². The number of nitrogens with two attached hydrogens (primary N) is 1. The normalized spacial score (nSPS) is 10.1. The van der Waals surface area contributed by atoms with Gasteiger partial charge in [0.05, 0.1) is 20.9 Å². The fraction of sp³-hybridized carbons (Fsp3) is 0.111. The lowest BCUT2D eigenvalue weighted by atomic mass is 10.1. The number of nitrogen functional groups attached to an aromatic ring is 1. The van der Waals surface area contributed by atoms with Crippen molar-refractivity contribution in [3.63, 3.8) is 0 Å². The second-order valence-electron chi connectivity index (χ2n) is 3.07. The lowest BCUT2D eigenvalue weighted by molar-refractivity contribution is -0.255. The molecule has 0 fully saturated rings. The fourth-order valence-electron chi connectivity index (χ4n) is 1.15. The van der Waals surface area contributed by atoms with Gasteiger partial charge in [0.15, 0.2) is 0 Å². The molecule has 0 heterocycles. The van der Waals surface area contributed by atoms with Gasteiger partial charge in [-0.15, -0.1) is 0 Å². The largest absolute Gasteiger partial charge is 0.545 e. The van der Waals surface area contributed by atoms with Crippen LogP contribution in [0.5, 0.6) is 0 Å². The van der Waals surface area contributed by atoms with E-state index in [9.17, 15) is 14.7 Å². The monoisotopic (exact) mass is 571 g/mol. The van der Waals surface area contributed by atoms with Crippen molar-refractivity contribution in [2.24, 2.45) is 0 Å². The summed E-state index contributed by atoms with van der Waals surface area (Å²) in [5.74, 6) is -1.60. The van der Waals surface area contributed by atoms with Gasteiger partial charge in [0.25, 0.3) is 0 Å². The number of nitrogens with one attached hydrogen (secondary N) is 1. The summed E-state index contributed by atoms with van der Waals surface area (Å²) in [5.41, 5.74) is 6.55. The number of carbonyl (C=O) groups excluding carboxylic acids is 2. The van der Waals surface area contributed by atoms with E-state index in [0.29, 0.717) is 22.1 Å². The number of carboxylic acids is 1. The van der Waals surface area contributed by atoms with Crippen LogP contribution in [0.4, 0.5) is 11.4 Å². The zero-order chi connectivity index (χ0) is 13.3. The summed E-state index contributed by atoms with van der Waals surface area (Å²) < 4.78 is 1.46. The summed E-state index contributed by atoms with van der Waals surface area (Å²) in [6.45, 7) is 1.35. The number of carboxylic acid groups (broad SMARTS) is 1. The second kappa shape index (κ2) is 5.86. The number of aromatic carboxylic acids is 1. The molecule has 0 bridgehead atoms. The lowest BCUT2D eigenvalue weighted by Crippen LogP contribution is -2.26. The smallest absolute Gasteiger partial charge is 0.221 e. The molecule has 0 saturated carbocycles. The first kappa shape index (κ1) is 15.2. The highest BCUT2D eigenvalue weighted by Gasteiger charge is 2.19. The maximum absolute atomic E-state index is 11.1. The molecule has 0 saturated heterocycles. The molecule has 0 aliphatic heterocycles. The molecule has 0 radical (unpaired) electrons. The van der Waals surface area contributed by atoms with Crippen molar-refractivity contribution in [3.8, 4) is 0 Å². The van der Waals surface area contributed by atoms with Gasteiger partial charge in [-0.2, -0.15) is 0 Å². The average Bonchev–Trinajstić information content (AvgIpc) is 2.21. The van der Waals surface area contributed by atoms with E-state index in [4.69, 9.17) is 5.73 Å². The topological polar surface area (TPSA) is 95.2 Å². The summed E-state index contributed by atoms with van der Waals surface area (Å²) in [6, 6.07) is 0. The Bertz CT molecular complexity index is 517. The first-order valence-electron chi connectivity index (χ1n) is 4.22. The third kappa shape index (κ3) is 3.13.